The van der Waals surface area contributed by atoms with Gasteiger partial charge in [0.1, 0.15) is 18.1 Å². The zero-order valence-electron chi connectivity index (χ0n) is 22.8. The number of carbonyl (C=O) groups excluding carboxylic acids is 1. The number of benzene rings is 3. The van der Waals surface area contributed by atoms with Crippen molar-refractivity contribution in [1.29, 1.82) is 0 Å². The maximum absolute atomic E-state index is 12.8. The smallest absolute Gasteiger partial charge is 0.291 e. The van der Waals surface area contributed by atoms with Gasteiger partial charge in [0.25, 0.3) is 5.91 Å². The molecule has 39 heavy (non-hydrogen) atoms. The highest BCUT2D eigenvalue weighted by Gasteiger charge is 2.22. The predicted octanol–water partition coefficient (Wildman–Crippen LogP) is 7.30. The van der Waals surface area contributed by atoms with Gasteiger partial charge in [-0.05, 0) is 73.0 Å². The molecule has 1 N–H and O–H groups in total. The Morgan fingerprint density at radius 3 is 2.36 bits per heavy atom. The fourth-order valence-corrected chi connectivity index (χ4v) is 4.67. The van der Waals surface area contributed by atoms with E-state index in [9.17, 15) is 4.79 Å². The van der Waals surface area contributed by atoms with Gasteiger partial charge in [-0.3, -0.25) is 9.48 Å². The number of aryl methyl sites for hydroxylation is 2. The molecule has 0 atom stereocenters. The first-order chi connectivity index (χ1) is 18.8. The zero-order valence-corrected chi connectivity index (χ0v) is 22.8. The summed E-state index contributed by atoms with van der Waals surface area (Å²) in [5.41, 5.74) is 6.18. The van der Waals surface area contributed by atoms with Crippen LogP contribution in [-0.2, 0) is 18.6 Å². The molecule has 0 aliphatic carbocycles. The maximum atomic E-state index is 12.8. The summed E-state index contributed by atoms with van der Waals surface area (Å²) in [6.07, 6.45) is 0. The van der Waals surface area contributed by atoms with E-state index in [0.29, 0.717) is 18.0 Å². The third-order valence-electron chi connectivity index (χ3n) is 6.96. The summed E-state index contributed by atoms with van der Waals surface area (Å²) in [4.78, 5) is 12.8. The Morgan fingerprint density at radius 2 is 1.64 bits per heavy atom. The van der Waals surface area contributed by atoms with Crippen molar-refractivity contribution in [3.63, 3.8) is 0 Å². The minimum Gasteiger partial charge on any atom is -0.486 e. The minimum absolute atomic E-state index is 0.111. The number of ether oxygens (including phenoxy) is 1. The van der Waals surface area contributed by atoms with Crippen LogP contribution in [0.2, 0.25) is 0 Å². The van der Waals surface area contributed by atoms with E-state index >= 15 is 0 Å². The quantitative estimate of drug-likeness (QED) is 0.222. The van der Waals surface area contributed by atoms with Crippen molar-refractivity contribution >= 4 is 11.6 Å². The maximum Gasteiger partial charge on any atom is 0.291 e. The molecule has 0 saturated carbocycles. The molecule has 3 aromatic carbocycles. The molecule has 0 aliphatic rings. The monoisotopic (exact) mass is 519 g/mol. The first kappa shape index (κ1) is 26.0. The molecule has 6 nitrogen and oxygen atoms in total. The van der Waals surface area contributed by atoms with E-state index in [-0.39, 0.29) is 23.7 Å². The third-order valence-corrected chi connectivity index (χ3v) is 6.96. The number of anilines is 1. The summed E-state index contributed by atoms with van der Waals surface area (Å²) < 4.78 is 13.6. The predicted molar refractivity (Wildman–Crippen MR) is 153 cm³/mol. The van der Waals surface area contributed by atoms with Crippen LogP contribution in [0.3, 0.4) is 0 Å². The van der Waals surface area contributed by atoms with Crippen LogP contribution in [0.15, 0.2) is 101 Å². The molecule has 0 saturated heterocycles. The summed E-state index contributed by atoms with van der Waals surface area (Å²) in [6.45, 7) is 9.30. The zero-order chi connectivity index (χ0) is 27.4. The first-order valence-corrected chi connectivity index (χ1v) is 13.1. The number of aromatic nitrogens is 2. The molecule has 198 valence electrons. The molecule has 2 heterocycles. The Morgan fingerprint density at radius 1 is 0.897 bits per heavy atom. The van der Waals surface area contributed by atoms with Gasteiger partial charge in [-0.15, -0.1) is 0 Å². The van der Waals surface area contributed by atoms with Crippen molar-refractivity contribution in [1.82, 2.24) is 9.78 Å². The van der Waals surface area contributed by atoms with Crippen LogP contribution in [-0.4, -0.2) is 15.7 Å². The second kappa shape index (κ2) is 11.0. The average Bonchev–Trinajstić information content (AvgIpc) is 3.54. The Kier molecular flexibility index (Phi) is 7.37. The van der Waals surface area contributed by atoms with E-state index in [0.717, 1.165) is 22.7 Å². The van der Waals surface area contributed by atoms with Crippen molar-refractivity contribution in [2.45, 2.75) is 46.3 Å². The van der Waals surface area contributed by atoms with E-state index < -0.39 is 0 Å². The number of rotatable bonds is 9. The Bertz CT molecular complexity index is 1560. The summed E-state index contributed by atoms with van der Waals surface area (Å²) in [6, 6.07) is 31.8. The Hall–Kier alpha value is -4.58. The lowest BCUT2D eigenvalue weighted by Crippen LogP contribution is -2.18. The third kappa shape index (κ3) is 6.12. The lowest BCUT2D eigenvalue weighted by atomic mass is 9.78. The van der Waals surface area contributed by atoms with Gasteiger partial charge in [0, 0.05) is 16.8 Å². The number of nitrogens with one attached hydrogen (secondary N) is 1. The van der Waals surface area contributed by atoms with E-state index in [4.69, 9.17) is 9.15 Å². The van der Waals surface area contributed by atoms with Crippen LogP contribution in [0.1, 0.15) is 58.2 Å². The van der Waals surface area contributed by atoms with Crippen LogP contribution in [0.4, 0.5) is 5.69 Å². The second-order valence-corrected chi connectivity index (χ2v) is 10.3. The van der Waals surface area contributed by atoms with Gasteiger partial charge in [-0.1, -0.05) is 68.4 Å². The van der Waals surface area contributed by atoms with Crippen molar-refractivity contribution in [3.8, 4) is 5.75 Å². The van der Waals surface area contributed by atoms with E-state index in [1.807, 2.05) is 67.1 Å². The topological polar surface area (TPSA) is 69.3 Å². The molecule has 0 spiro atoms. The van der Waals surface area contributed by atoms with Gasteiger partial charge in [-0.2, -0.15) is 5.10 Å². The lowest BCUT2D eigenvalue weighted by Gasteiger charge is -2.26. The summed E-state index contributed by atoms with van der Waals surface area (Å²) >= 11 is 0. The molecule has 2 aromatic heterocycles. The first-order valence-electron chi connectivity index (χ1n) is 13.1. The lowest BCUT2D eigenvalue weighted by molar-refractivity contribution is 0.0992. The van der Waals surface area contributed by atoms with Crippen molar-refractivity contribution in [3.05, 3.63) is 137 Å². The molecule has 0 unspecified atom stereocenters. The molecule has 0 aliphatic heterocycles. The Balaban J connectivity index is 1.17. The van der Waals surface area contributed by atoms with Gasteiger partial charge in [0.05, 0.1) is 12.2 Å². The number of amides is 1. The number of hydrogen-bond donors (Lipinski definition) is 1. The molecule has 0 bridgehead atoms. The van der Waals surface area contributed by atoms with Gasteiger partial charge in [0.15, 0.2) is 5.76 Å². The Labute approximate surface area is 229 Å². The van der Waals surface area contributed by atoms with E-state index in [1.165, 1.54) is 11.1 Å². The molecule has 1 amide bonds. The van der Waals surface area contributed by atoms with Crippen molar-refractivity contribution < 1.29 is 13.9 Å². The van der Waals surface area contributed by atoms with Gasteiger partial charge in [-0.25, -0.2) is 0 Å². The summed E-state index contributed by atoms with van der Waals surface area (Å²) in [5.74, 6) is 1.24. The average molecular weight is 520 g/mol. The van der Waals surface area contributed by atoms with Gasteiger partial charge in [0.2, 0.25) is 0 Å². The molecular weight excluding hydrogens is 486 g/mol. The minimum atomic E-state index is -0.308. The molecule has 0 fully saturated rings. The van der Waals surface area contributed by atoms with Gasteiger partial charge >= 0.3 is 0 Å². The second-order valence-electron chi connectivity index (χ2n) is 10.3. The highest BCUT2D eigenvalue weighted by molar-refractivity contribution is 6.02. The van der Waals surface area contributed by atoms with Crippen LogP contribution in [0, 0.1) is 13.8 Å². The number of nitrogens with zero attached hydrogens (tertiary/aromatic N) is 2. The highest BCUT2D eigenvalue weighted by atomic mass is 16.5. The molecule has 6 heteroatoms. The number of carbonyl (C=O) groups is 1. The molecule has 0 radical (unpaired) electrons. The summed E-state index contributed by atoms with van der Waals surface area (Å²) in [7, 11) is 0. The van der Waals surface area contributed by atoms with Gasteiger partial charge < -0.3 is 14.5 Å². The van der Waals surface area contributed by atoms with Crippen molar-refractivity contribution in [2.75, 3.05) is 5.32 Å². The molecule has 5 aromatic rings. The van der Waals surface area contributed by atoms with Crippen LogP contribution < -0.4 is 10.1 Å². The SMILES string of the molecule is Cc1cc(C)n(Cc2cccc(NC(=O)c3ccc(COc4ccc(C(C)(C)c5ccccc5)cc4)o3)c2)n1. The summed E-state index contributed by atoms with van der Waals surface area (Å²) in [5, 5.41) is 7.44. The normalized spacial score (nSPS) is 11.4. The fraction of sp³-hybridized carbons (Fsp3) is 0.212. The van der Waals surface area contributed by atoms with E-state index in [1.54, 1.807) is 12.1 Å². The molecular formula is C33H33N3O3. The molecule has 5 rings (SSSR count). The fourth-order valence-electron chi connectivity index (χ4n) is 4.67. The number of hydrogen-bond acceptors (Lipinski definition) is 4. The van der Waals surface area contributed by atoms with E-state index in [2.05, 4.69) is 60.7 Å². The van der Waals surface area contributed by atoms with Crippen molar-refractivity contribution in [2.24, 2.45) is 0 Å². The van der Waals surface area contributed by atoms with Crippen LogP contribution in [0.5, 0.6) is 5.75 Å². The number of furan rings is 1. The largest absolute Gasteiger partial charge is 0.486 e. The van der Waals surface area contributed by atoms with Crippen LogP contribution in [0.25, 0.3) is 0 Å². The standard InChI is InChI=1S/C33H33N3O3/c1-23-19-24(2)36(35-23)21-25-9-8-12-28(20-25)34-32(37)31-18-17-30(39-31)22-38-29-15-13-27(14-16-29)33(3,4)26-10-6-5-7-11-26/h5-20H,21-22H2,1-4H3,(H,34,37). The van der Waals surface area contributed by atoms with Crippen LogP contribution >= 0.6 is 0 Å². The highest BCUT2D eigenvalue weighted by Crippen LogP contribution is 2.32.